The molecule has 0 spiro atoms. The summed E-state index contributed by atoms with van der Waals surface area (Å²) < 4.78 is 5.42. The van der Waals surface area contributed by atoms with Gasteiger partial charge in [0.15, 0.2) is 0 Å². The van der Waals surface area contributed by atoms with Crippen molar-refractivity contribution >= 4 is 16.7 Å². The Bertz CT molecular complexity index is 758. The van der Waals surface area contributed by atoms with Crippen LogP contribution in [0.2, 0.25) is 0 Å². The first-order valence-corrected chi connectivity index (χ1v) is 8.29. The van der Waals surface area contributed by atoms with Gasteiger partial charge in [-0.25, -0.2) is 0 Å². The van der Waals surface area contributed by atoms with Gasteiger partial charge in [0.25, 0.3) is 5.91 Å². The second kappa shape index (κ2) is 5.53. The summed E-state index contributed by atoms with van der Waals surface area (Å²) in [5.74, 6) is 1.98. The standard InChI is InChI=1S/C19H22N2O2/c1-23-18-9-7-15(13-4-2-3-5-14(13)18)19(22)21-10-12-6-8-17(20)16(12)11-21/h2-5,7,9,12,16-17H,6,8,10-11,20H2,1H3. The number of hydrogen-bond donors (Lipinski definition) is 1. The molecule has 2 aliphatic rings. The molecule has 1 amide bonds. The maximum Gasteiger partial charge on any atom is 0.254 e. The number of nitrogens with two attached hydrogens (primary N) is 1. The van der Waals surface area contributed by atoms with Gasteiger partial charge in [-0.3, -0.25) is 4.79 Å². The fraction of sp³-hybridized carbons (Fsp3) is 0.421. The third-order valence-corrected chi connectivity index (χ3v) is 5.53. The van der Waals surface area contributed by atoms with E-state index in [0.29, 0.717) is 11.8 Å². The average molecular weight is 310 g/mol. The molecule has 2 aromatic carbocycles. The van der Waals surface area contributed by atoms with Gasteiger partial charge in [-0.2, -0.15) is 0 Å². The number of benzene rings is 2. The molecular weight excluding hydrogens is 288 g/mol. The molecule has 0 bridgehead atoms. The molecule has 2 N–H and O–H groups in total. The Kier molecular flexibility index (Phi) is 3.49. The van der Waals surface area contributed by atoms with E-state index in [-0.39, 0.29) is 11.9 Å². The molecule has 3 unspecified atom stereocenters. The summed E-state index contributed by atoms with van der Waals surface area (Å²) in [5.41, 5.74) is 6.95. The molecular formula is C19H22N2O2. The molecule has 23 heavy (non-hydrogen) atoms. The zero-order valence-electron chi connectivity index (χ0n) is 13.4. The van der Waals surface area contributed by atoms with E-state index < -0.39 is 0 Å². The quantitative estimate of drug-likeness (QED) is 0.928. The highest BCUT2D eigenvalue weighted by atomic mass is 16.5. The molecule has 4 nitrogen and oxygen atoms in total. The Hall–Kier alpha value is -2.07. The van der Waals surface area contributed by atoms with E-state index in [1.807, 2.05) is 41.3 Å². The van der Waals surface area contributed by atoms with E-state index in [2.05, 4.69) is 0 Å². The van der Waals surface area contributed by atoms with Crippen molar-refractivity contribution in [3.8, 4) is 5.75 Å². The Labute approximate surface area is 136 Å². The van der Waals surface area contributed by atoms with Gasteiger partial charge in [0, 0.05) is 30.1 Å². The summed E-state index contributed by atoms with van der Waals surface area (Å²) in [7, 11) is 1.66. The molecule has 2 fully saturated rings. The number of ether oxygens (including phenoxy) is 1. The summed E-state index contributed by atoms with van der Waals surface area (Å²) in [6, 6.07) is 12.0. The highest BCUT2D eigenvalue weighted by molar-refractivity contribution is 6.08. The van der Waals surface area contributed by atoms with E-state index in [9.17, 15) is 4.79 Å². The fourth-order valence-electron chi connectivity index (χ4n) is 4.28. The molecule has 4 rings (SSSR count). The molecule has 3 atom stereocenters. The van der Waals surface area contributed by atoms with Crippen molar-refractivity contribution in [3.05, 3.63) is 42.0 Å². The van der Waals surface area contributed by atoms with Gasteiger partial charge in [-0.15, -0.1) is 0 Å². The van der Waals surface area contributed by atoms with E-state index in [1.54, 1.807) is 7.11 Å². The topological polar surface area (TPSA) is 55.6 Å². The number of methoxy groups -OCH3 is 1. The van der Waals surface area contributed by atoms with Crippen LogP contribution in [-0.2, 0) is 0 Å². The van der Waals surface area contributed by atoms with E-state index >= 15 is 0 Å². The molecule has 0 aromatic heterocycles. The van der Waals surface area contributed by atoms with Gasteiger partial charge < -0.3 is 15.4 Å². The summed E-state index contributed by atoms with van der Waals surface area (Å²) in [5, 5.41) is 1.94. The maximum absolute atomic E-state index is 13.0. The van der Waals surface area contributed by atoms with Crippen molar-refractivity contribution in [2.75, 3.05) is 20.2 Å². The lowest BCUT2D eigenvalue weighted by atomic mass is 9.98. The molecule has 1 heterocycles. The molecule has 1 saturated heterocycles. The van der Waals surface area contributed by atoms with Gasteiger partial charge in [0.2, 0.25) is 0 Å². The Morgan fingerprint density at radius 2 is 1.91 bits per heavy atom. The van der Waals surface area contributed by atoms with Crippen LogP contribution in [0.25, 0.3) is 10.8 Å². The van der Waals surface area contributed by atoms with E-state index in [0.717, 1.165) is 48.0 Å². The summed E-state index contributed by atoms with van der Waals surface area (Å²) in [6.07, 6.45) is 2.25. The summed E-state index contributed by atoms with van der Waals surface area (Å²) in [4.78, 5) is 15.0. The van der Waals surface area contributed by atoms with Crippen LogP contribution < -0.4 is 10.5 Å². The number of fused-ring (bicyclic) bond motifs is 2. The van der Waals surface area contributed by atoms with Crippen molar-refractivity contribution in [1.29, 1.82) is 0 Å². The molecule has 2 aromatic rings. The van der Waals surface area contributed by atoms with Gasteiger partial charge >= 0.3 is 0 Å². The third kappa shape index (κ3) is 2.29. The minimum atomic E-state index is 0.116. The van der Waals surface area contributed by atoms with Crippen LogP contribution in [0.4, 0.5) is 0 Å². The second-order valence-electron chi connectivity index (χ2n) is 6.74. The highest BCUT2D eigenvalue weighted by Crippen LogP contribution is 2.38. The van der Waals surface area contributed by atoms with Crippen molar-refractivity contribution in [2.24, 2.45) is 17.6 Å². The van der Waals surface area contributed by atoms with E-state index in [4.69, 9.17) is 10.5 Å². The number of carbonyl (C=O) groups excluding carboxylic acids is 1. The zero-order valence-corrected chi connectivity index (χ0v) is 13.4. The first kappa shape index (κ1) is 14.5. The van der Waals surface area contributed by atoms with Crippen molar-refractivity contribution in [2.45, 2.75) is 18.9 Å². The lowest BCUT2D eigenvalue weighted by Crippen LogP contribution is -2.33. The SMILES string of the molecule is COc1ccc(C(=O)N2CC3CCC(N)C3C2)c2ccccc12. The largest absolute Gasteiger partial charge is 0.496 e. The minimum Gasteiger partial charge on any atom is -0.496 e. The Morgan fingerprint density at radius 1 is 1.13 bits per heavy atom. The molecule has 120 valence electrons. The Balaban J connectivity index is 1.69. The van der Waals surface area contributed by atoms with Crippen molar-refractivity contribution in [1.82, 2.24) is 4.90 Å². The van der Waals surface area contributed by atoms with Crippen LogP contribution in [0.5, 0.6) is 5.75 Å². The molecule has 1 aliphatic carbocycles. The second-order valence-corrected chi connectivity index (χ2v) is 6.74. The average Bonchev–Trinajstić information content (AvgIpc) is 3.15. The summed E-state index contributed by atoms with van der Waals surface area (Å²) in [6.45, 7) is 1.64. The normalized spacial score (nSPS) is 26.5. The van der Waals surface area contributed by atoms with Gasteiger partial charge in [0.05, 0.1) is 7.11 Å². The van der Waals surface area contributed by atoms with E-state index in [1.165, 1.54) is 0 Å². The van der Waals surface area contributed by atoms with Crippen LogP contribution in [-0.4, -0.2) is 37.0 Å². The molecule has 1 saturated carbocycles. The van der Waals surface area contributed by atoms with Gasteiger partial charge in [-0.05, 0) is 42.2 Å². The lowest BCUT2D eigenvalue weighted by molar-refractivity contribution is 0.0781. The molecule has 4 heteroatoms. The number of nitrogens with zero attached hydrogens (tertiary/aromatic N) is 1. The number of likely N-dealkylation sites (tertiary alicyclic amines) is 1. The first-order chi connectivity index (χ1) is 11.2. The number of carbonyl (C=O) groups is 1. The third-order valence-electron chi connectivity index (χ3n) is 5.53. The van der Waals surface area contributed by atoms with Crippen molar-refractivity contribution in [3.63, 3.8) is 0 Å². The Morgan fingerprint density at radius 3 is 2.65 bits per heavy atom. The first-order valence-electron chi connectivity index (χ1n) is 8.29. The zero-order chi connectivity index (χ0) is 16.0. The minimum absolute atomic E-state index is 0.116. The fourth-order valence-corrected chi connectivity index (χ4v) is 4.28. The van der Waals surface area contributed by atoms with Crippen LogP contribution in [0.15, 0.2) is 36.4 Å². The maximum atomic E-state index is 13.0. The van der Waals surface area contributed by atoms with Crippen LogP contribution in [0.3, 0.4) is 0 Å². The number of hydrogen-bond acceptors (Lipinski definition) is 3. The molecule has 0 radical (unpaired) electrons. The predicted molar refractivity (Wildman–Crippen MR) is 90.6 cm³/mol. The monoisotopic (exact) mass is 310 g/mol. The molecule has 1 aliphatic heterocycles. The van der Waals surface area contributed by atoms with Gasteiger partial charge in [-0.1, -0.05) is 24.3 Å². The highest BCUT2D eigenvalue weighted by Gasteiger charge is 2.42. The smallest absolute Gasteiger partial charge is 0.254 e. The lowest BCUT2D eigenvalue weighted by Gasteiger charge is -2.20. The van der Waals surface area contributed by atoms with Gasteiger partial charge in [0.1, 0.15) is 5.75 Å². The number of rotatable bonds is 2. The van der Waals surface area contributed by atoms with Crippen molar-refractivity contribution < 1.29 is 9.53 Å². The van der Waals surface area contributed by atoms with Crippen LogP contribution in [0.1, 0.15) is 23.2 Å². The summed E-state index contributed by atoms with van der Waals surface area (Å²) >= 11 is 0. The van der Waals surface area contributed by atoms with Crippen LogP contribution >= 0.6 is 0 Å². The van der Waals surface area contributed by atoms with Crippen LogP contribution in [0, 0.1) is 11.8 Å². The predicted octanol–water partition coefficient (Wildman–Crippen LogP) is 2.66. The number of amides is 1.